The molecular formula is C21H25N3O4S. The van der Waals surface area contributed by atoms with Crippen LogP contribution >= 0.6 is 11.3 Å². The summed E-state index contributed by atoms with van der Waals surface area (Å²) >= 11 is 1.57. The van der Waals surface area contributed by atoms with Crippen molar-refractivity contribution in [2.45, 2.75) is 38.3 Å². The van der Waals surface area contributed by atoms with Gasteiger partial charge in [0.25, 0.3) is 11.5 Å². The molecule has 2 amide bonds. The molecule has 1 N–H and O–H groups in total. The molecule has 1 atom stereocenters. The maximum atomic E-state index is 13.1. The van der Waals surface area contributed by atoms with Crippen molar-refractivity contribution in [3.63, 3.8) is 0 Å². The van der Waals surface area contributed by atoms with Crippen LogP contribution in [0.15, 0.2) is 27.8 Å². The van der Waals surface area contributed by atoms with Crippen molar-refractivity contribution in [2.75, 3.05) is 19.6 Å². The number of pyridine rings is 1. The molecule has 2 aliphatic heterocycles. The molecule has 2 aromatic rings. The Labute approximate surface area is 173 Å². The zero-order valence-electron chi connectivity index (χ0n) is 16.5. The number of hydrogen-bond acceptors (Lipinski definition) is 5. The number of amides is 2. The lowest BCUT2D eigenvalue weighted by Gasteiger charge is -2.33. The van der Waals surface area contributed by atoms with Crippen LogP contribution in [0, 0.1) is 0 Å². The van der Waals surface area contributed by atoms with Gasteiger partial charge in [-0.1, -0.05) is 0 Å². The number of aliphatic hydroxyl groups is 1. The second kappa shape index (κ2) is 8.12. The van der Waals surface area contributed by atoms with Crippen molar-refractivity contribution in [1.82, 2.24) is 14.4 Å². The van der Waals surface area contributed by atoms with E-state index < -0.39 is 6.10 Å². The van der Waals surface area contributed by atoms with Crippen LogP contribution in [-0.2, 0) is 31.2 Å². The van der Waals surface area contributed by atoms with E-state index in [2.05, 4.69) is 0 Å². The molecule has 0 aliphatic carbocycles. The second-order valence-corrected chi connectivity index (χ2v) is 8.62. The first-order chi connectivity index (χ1) is 13.9. The molecule has 8 heteroatoms. The van der Waals surface area contributed by atoms with Crippen molar-refractivity contribution in [1.29, 1.82) is 0 Å². The van der Waals surface area contributed by atoms with Crippen LogP contribution in [0.5, 0.6) is 0 Å². The zero-order chi connectivity index (χ0) is 20.5. The molecule has 29 heavy (non-hydrogen) atoms. The summed E-state index contributed by atoms with van der Waals surface area (Å²) in [5, 5.41) is 13.9. The number of carbonyl (C=O) groups excluding carboxylic acids is 2. The van der Waals surface area contributed by atoms with Crippen LogP contribution in [0.1, 0.15) is 39.9 Å². The van der Waals surface area contributed by atoms with Crippen LogP contribution in [0.3, 0.4) is 0 Å². The number of aliphatic hydroxyl groups excluding tert-OH is 1. The molecule has 1 saturated heterocycles. The lowest BCUT2D eigenvalue weighted by Crippen LogP contribution is -2.46. The number of β-amino-alcohol motifs (C(OH)–C–C–N with tert-alkyl or cyclic N) is 1. The largest absolute Gasteiger partial charge is 0.391 e. The first-order valence-electron chi connectivity index (χ1n) is 9.91. The van der Waals surface area contributed by atoms with Gasteiger partial charge in [-0.2, -0.15) is 11.3 Å². The summed E-state index contributed by atoms with van der Waals surface area (Å²) in [6, 6.07) is 1.95. The Balaban J connectivity index is 1.60. The van der Waals surface area contributed by atoms with Gasteiger partial charge in [-0.3, -0.25) is 14.4 Å². The number of rotatable bonds is 3. The smallest absolute Gasteiger partial charge is 0.263 e. The van der Waals surface area contributed by atoms with Crippen LogP contribution in [0.2, 0.25) is 0 Å². The van der Waals surface area contributed by atoms with E-state index in [4.69, 9.17) is 0 Å². The Morgan fingerprint density at radius 3 is 2.83 bits per heavy atom. The molecule has 4 heterocycles. The molecule has 7 nitrogen and oxygen atoms in total. The molecule has 4 rings (SSSR count). The molecule has 0 aromatic carbocycles. The first kappa shape index (κ1) is 19.8. The highest BCUT2D eigenvalue weighted by atomic mass is 32.1. The first-order valence-corrected chi connectivity index (χ1v) is 10.9. The number of hydrogen-bond donors (Lipinski definition) is 1. The Kier molecular flexibility index (Phi) is 5.56. The minimum atomic E-state index is -0.540. The van der Waals surface area contributed by atoms with Gasteiger partial charge in [-0.05, 0) is 52.8 Å². The lowest BCUT2D eigenvalue weighted by molar-refractivity contribution is -0.131. The molecule has 0 radical (unpaired) electrons. The number of aryl methyl sites for hydroxylation is 1. The summed E-state index contributed by atoms with van der Waals surface area (Å²) in [4.78, 5) is 42.0. The van der Waals surface area contributed by atoms with E-state index >= 15 is 0 Å². The summed E-state index contributed by atoms with van der Waals surface area (Å²) in [6.07, 6.45) is 3.45. The molecule has 0 spiro atoms. The molecule has 1 fully saturated rings. The summed E-state index contributed by atoms with van der Waals surface area (Å²) in [7, 11) is 1.64. The van der Waals surface area contributed by atoms with Gasteiger partial charge in [-0.25, -0.2) is 0 Å². The van der Waals surface area contributed by atoms with Gasteiger partial charge < -0.3 is 19.5 Å². The van der Waals surface area contributed by atoms with Crippen LogP contribution in [-0.4, -0.2) is 57.0 Å². The van der Waals surface area contributed by atoms with E-state index in [1.54, 1.807) is 34.4 Å². The van der Waals surface area contributed by atoms with E-state index in [-0.39, 0.29) is 29.5 Å². The van der Waals surface area contributed by atoms with Crippen LogP contribution < -0.4 is 5.56 Å². The number of fused-ring (bicyclic) bond motifs is 1. The average Bonchev–Trinajstić information content (AvgIpc) is 3.21. The van der Waals surface area contributed by atoms with Gasteiger partial charge in [0.05, 0.1) is 12.5 Å². The molecule has 2 aromatic heterocycles. The topological polar surface area (TPSA) is 82.8 Å². The van der Waals surface area contributed by atoms with Gasteiger partial charge in [0.1, 0.15) is 5.56 Å². The highest BCUT2D eigenvalue weighted by molar-refractivity contribution is 7.08. The summed E-state index contributed by atoms with van der Waals surface area (Å²) in [6.45, 7) is 1.70. The molecule has 154 valence electrons. The van der Waals surface area contributed by atoms with Gasteiger partial charge >= 0.3 is 0 Å². The zero-order valence-corrected chi connectivity index (χ0v) is 17.3. The fourth-order valence-corrected chi connectivity index (χ4v) is 4.87. The molecular weight excluding hydrogens is 390 g/mol. The third-order valence-corrected chi connectivity index (χ3v) is 6.48. The third-order valence-electron chi connectivity index (χ3n) is 5.75. The average molecular weight is 416 g/mol. The summed E-state index contributed by atoms with van der Waals surface area (Å²) in [5.74, 6) is -0.255. The van der Waals surface area contributed by atoms with E-state index in [0.29, 0.717) is 38.9 Å². The van der Waals surface area contributed by atoms with Crippen molar-refractivity contribution >= 4 is 23.2 Å². The minimum Gasteiger partial charge on any atom is -0.391 e. The van der Waals surface area contributed by atoms with Crippen molar-refractivity contribution in [2.24, 2.45) is 7.05 Å². The van der Waals surface area contributed by atoms with Crippen LogP contribution in [0.4, 0.5) is 0 Å². The van der Waals surface area contributed by atoms with Crippen molar-refractivity contribution in [3.05, 3.63) is 55.6 Å². The monoisotopic (exact) mass is 415 g/mol. The third kappa shape index (κ3) is 4.00. The number of piperidine rings is 1. The minimum absolute atomic E-state index is 0.0509. The second-order valence-electron chi connectivity index (χ2n) is 7.84. The predicted molar refractivity (Wildman–Crippen MR) is 110 cm³/mol. The fraction of sp³-hybridized carbons (Fsp3) is 0.476. The maximum Gasteiger partial charge on any atom is 0.263 e. The van der Waals surface area contributed by atoms with Crippen molar-refractivity contribution < 1.29 is 14.7 Å². The Morgan fingerprint density at radius 1 is 1.28 bits per heavy atom. The van der Waals surface area contributed by atoms with Gasteiger partial charge in [0, 0.05) is 39.4 Å². The number of thiophene rings is 1. The standard InChI is InChI=1S/C21H25N3O4S/c1-22-10-15-11-23(18(26)9-14-5-8-29-13-14)7-4-17(15)19(20(22)27)21(28)24-6-2-3-16(25)12-24/h5,8,10,13,16,25H,2-4,6-7,9,11-12H2,1H3/t16-/m0/s1. The summed E-state index contributed by atoms with van der Waals surface area (Å²) in [5.41, 5.74) is 2.48. The number of likely N-dealkylation sites (tertiary alicyclic amines) is 1. The Morgan fingerprint density at radius 2 is 2.10 bits per heavy atom. The molecule has 2 aliphatic rings. The number of carbonyl (C=O) groups is 2. The van der Waals surface area contributed by atoms with E-state index in [1.165, 1.54) is 4.57 Å². The number of nitrogens with zero attached hydrogens (tertiary/aromatic N) is 3. The Bertz CT molecular complexity index is 983. The lowest BCUT2D eigenvalue weighted by atomic mass is 9.95. The highest BCUT2D eigenvalue weighted by Crippen LogP contribution is 2.23. The highest BCUT2D eigenvalue weighted by Gasteiger charge is 2.31. The quantitative estimate of drug-likeness (QED) is 0.816. The molecule has 0 bridgehead atoms. The van der Waals surface area contributed by atoms with Gasteiger partial charge in [-0.15, -0.1) is 0 Å². The number of aromatic nitrogens is 1. The molecule has 0 unspecified atom stereocenters. The van der Waals surface area contributed by atoms with E-state index in [1.807, 2.05) is 16.8 Å². The maximum absolute atomic E-state index is 13.1. The van der Waals surface area contributed by atoms with Crippen molar-refractivity contribution in [3.8, 4) is 0 Å². The van der Waals surface area contributed by atoms with E-state index in [9.17, 15) is 19.5 Å². The normalized spacial score (nSPS) is 19.2. The summed E-state index contributed by atoms with van der Waals surface area (Å²) < 4.78 is 1.43. The fourth-order valence-electron chi connectivity index (χ4n) is 4.20. The van der Waals surface area contributed by atoms with E-state index in [0.717, 1.165) is 23.1 Å². The van der Waals surface area contributed by atoms with Crippen LogP contribution in [0.25, 0.3) is 0 Å². The van der Waals surface area contributed by atoms with Gasteiger partial charge in [0.15, 0.2) is 0 Å². The SMILES string of the molecule is Cn1cc2c(c(C(=O)N3CCC[C@H](O)C3)c1=O)CCN(C(=O)Cc1ccsc1)C2. The predicted octanol–water partition coefficient (Wildman–Crippen LogP) is 1.17. The molecule has 0 saturated carbocycles. The Hall–Kier alpha value is -2.45. The van der Waals surface area contributed by atoms with Gasteiger partial charge in [0.2, 0.25) is 5.91 Å².